The summed E-state index contributed by atoms with van der Waals surface area (Å²) in [6.45, 7) is 1.62. The Kier molecular flexibility index (Phi) is 4.81. The average molecular weight is 301 g/mol. The normalized spacial score (nSPS) is 11.3. The standard InChI is InChI=1S/C16H13ClN2O2/c1-11(21-15-8-3-2-5-12(15)10-18)16(20)19-14-7-4-6-13(17)9-14/h2-9,11H,1H3,(H,19,20)/t11-/m0/s1. The van der Waals surface area contributed by atoms with Gasteiger partial charge in [0.05, 0.1) is 5.56 Å². The van der Waals surface area contributed by atoms with E-state index in [4.69, 9.17) is 21.6 Å². The lowest BCUT2D eigenvalue weighted by atomic mass is 10.2. The van der Waals surface area contributed by atoms with E-state index in [9.17, 15) is 4.79 Å². The topological polar surface area (TPSA) is 62.1 Å². The summed E-state index contributed by atoms with van der Waals surface area (Å²) in [7, 11) is 0. The number of nitrogens with zero attached hydrogens (tertiary/aromatic N) is 1. The molecule has 0 spiro atoms. The average Bonchev–Trinajstić information content (AvgIpc) is 2.47. The third-order valence-corrected chi connectivity index (χ3v) is 3.01. The van der Waals surface area contributed by atoms with Crippen molar-refractivity contribution in [1.82, 2.24) is 0 Å². The number of hydrogen-bond donors (Lipinski definition) is 1. The van der Waals surface area contributed by atoms with Gasteiger partial charge in [0.25, 0.3) is 5.91 Å². The van der Waals surface area contributed by atoms with Crippen molar-refractivity contribution in [3.8, 4) is 11.8 Å². The van der Waals surface area contributed by atoms with Gasteiger partial charge in [0.2, 0.25) is 0 Å². The van der Waals surface area contributed by atoms with E-state index in [0.717, 1.165) is 0 Å². The van der Waals surface area contributed by atoms with Crippen molar-refractivity contribution < 1.29 is 9.53 Å². The molecule has 0 radical (unpaired) electrons. The largest absolute Gasteiger partial charge is 0.480 e. The number of nitriles is 1. The van der Waals surface area contributed by atoms with E-state index in [0.29, 0.717) is 22.0 Å². The molecule has 0 saturated heterocycles. The minimum atomic E-state index is -0.738. The highest BCUT2D eigenvalue weighted by atomic mass is 35.5. The molecule has 0 saturated carbocycles. The van der Waals surface area contributed by atoms with E-state index in [2.05, 4.69) is 5.32 Å². The zero-order valence-electron chi connectivity index (χ0n) is 11.3. The maximum Gasteiger partial charge on any atom is 0.265 e. The van der Waals surface area contributed by atoms with E-state index in [1.807, 2.05) is 6.07 Å². The first-order valence-electron chi connectivity index (χ1n) is 6.32. The summed E-state index contributed by atoms with van der Waals surface area (Å²) in [6, 6.07) is 15.7. The SMILES string of the molecule is C[C@H](Oc1ccccc1C#N)C(=O)Nc1cccc(Cl)c1. The number of carbonyl (C=O) groups excluding carboxylic acids is 1. The fourth-order valence-electron chi connectivity index (χ4n) is 1.72. The summed E-state index contributed by atoms with van der Waals surface area (Å²) in [5, 5.41) is 12.2. The highest BCUT2D eigenvalue weighted by Gasteiger charge is 2.16. The number of carbonyl (C=O) groups is 1. The molecule has 0 aliphatic carbocycles. The Labute approximate surface area is 127 Å². The fraction of sp³-hybridized carbons (Fsp3) is 0.125. The highest BCUT2D eigenvalue weighted by molar-refractivity contribution is 6.30. The Morgan fingerprint density at radius 2 is 2.05 bits per heavy atom. The molecule has 0 heterocycles. The molecule has 0 fully saturated rings. The molecular weight excluding hydrogens is 288 g/mol. The molecule has 4 nitrogen and oxygen atoms in total. The number of benzene rings is 2. The summed E-state index contributed by atoms with van der Waals surface area (Å²) < 4.78 is 5.53. The van der Waals surface area contributed by atoms with Gasteiger partial charge in [-0.3, -0.25) is 4.79 Å². The van der Waals surface area contributed by atoms with Crippen LogP contribution >= 0.6 is 11.6 Å². The Hall–Kier alpha value is -2.51. The van der Waals surface area contributed by atoms with Gasteiger partial charge in [0.1, 0.15) is 11.8 Å². The van der Waals surface area contributed by atoms with E-state index in [-0.39, 0.29) is 5.91 Å². The van der Waals surface area contributed by atoms with Crippen LogP contribution in [0.15, 0.2) is 48.5 Å². The van der Waals surface area contributed by atoms with Gasteiger partial charge in [0.15, 0.2) is 6.10 Å². The van der Waals surface area contributed by atoms with Crippen molar-refractivity contribution in [3.05, 3.63) is 59.1 Å². The summed E-state index contributed by atoms with van der Waals surface area (Å²) >= 11 is 5.86. The third kappa shape index (κ3) is 3.98. The van der Waals surface area contributed by atoms with Gasteiger partial charge < -0.3 is 10.1 Å². The maximum absolute atomic E-state index is 12.1. The van der Waals surface area contributed by atoms with Gasteiger partial charge in [-0.15, -0.1) is 0 Å². The number of rotatable bonds is 4. The van der Waals surface area contributed by atoms with Crippen LogP contribution in [0.4, 0.5) is 5.69 Å². The molecule has 2 aromatic carbocycles. The molecule has 2 rings (SSSR count). The summed E-state index contributed by atoms with van der Waals surface area (Å²) in [5.74, 6) is 0.0683. The van der Waals surface area contributed by atoms with Crippen LogP contribution in [0.3, 0.4) is 0 Å². The fourth-order valence-corrected chi connectivity index (χ4v) is 1.91. The third-order valence-electron chi connectivity index (χ3n) is 2.77. The van der Waals surface area contributed by atoms with Gasteiger partial charge in [-0.05, 0) is 37.3 Å². The number of para-hydroxylation sites is 1. The summed E-state index contributed by atoms with van der Waals surface area (Å²) in [4.78, 5) is 12.1. The van der Waals surface area contributed by atoms with Gasteiger partial charge in [-0.1, -0.05) is 29.8 Å². The molecule has 1 atom stereocenters. The van der Waals surface area contributed by atoms with Crippen LogP contribution in [0, 0.1) is 11.3 Å². The first kappa shape index (κ1) is 14.9. The molecular formula is C16H13ClN2O2. The lowest BCUT2D eigenvalue weighted by Crippen LogP contribution is -2.30. The Morgan fingerprint density at radius 3 is 2.76 bits per heavy atom. The molecule has 0 aliphatic rings. The highest BCUT2D eigenvalue weighted by Crippen LogP contribution is 2.19. The minimum absolute atomic E-state index is 0.315. The van der Waals surface area contributed by atoms with Gasteiger partial charge in [0, 0.05) is 10.7 Å². The molecule has 106 valence electrons. The van der Waals surface area contributed by atoms with E-state index < -0.39 is 6.10 Å². The predicted molar refractivity (Wildman–Crippen MR) is 81.3 cm³/mol. The summed E-state index contributed by atoms with van der Waals surface area (Å²) in [5.41, 5.74) is 0.983. The Balaban J connectivity index is 2.05. The van der Waals surface area contributed by atoms with E-state index in [1.165, 1.54) is 0 Å². The van der Waals surface area contributed by atoms with Crippen molar-refractivity contribution >= 4 is 23.2 Å². The summed E-state index contributed by atoms with van der Waals surface area (Å²) in [6.07, 6.45) is -0.738. The Morgan fingerprint density at radius 1 is 1.29 bits per heavy atom. The second-order valence-corrected chi connectivity index (χ2v) is 4.80. The van der Waals surface area contributed by atoms with Gasteiger partial charge in [-0.25, -0.2) is 0 Å². The first-order chi connectivity index (χ1) is 10.1. The molecule has 0 bridgehead atoms. The lowest BCUT2D eigenvalue weighted by Gasteiger charge is -2.15. The molecule has 0 unspecified atom stereocenters. The van der Waals surface area contributed by atoms with Crippen LogP contribution in [-0.2, 0) is 4.79 Å². The number of nitrogens with one attached hydrogen (secondary N) is 1. The van der Waals surface area contributed by atoms with Crippen LogP contribution in [0.25, 0.3) is 0 Å². The molecule has 21 heavy (non-hydrogen) atoms. The van der Waals surface area contributed by atoms with Crippen molar-refractivity contribution in [2.45, 2.75) is 13.0 Å². The number of amides is 1. The molecule has 5 heteroatoms. The van der Waals surface area contributed by atoms with Crippen molar-refractivity contribution in [2.24, 2.45) is 0 Å². The van der Waals surface area contributed by atoms with Crippen molar-refractivity contribution in [2.75, 3.05) is 5.32 Å². The number of anilines is 1. The molecule has 0 aromatic heterocycles. The zero-order valence-corrected chi connectivity index (χ0v) is 12.1. The monoisotopic (exact) mass is 300 g/mol. The molecule has 0 aliphatic heterocycles. The van der Waals surface area contributed by atoms with Crippen LogP contribution in [-0.4, -0.2) is 12.0 Å². The second kappa shape index (κ2) is 6.78. The lowest BCUT2D eigenvalue weighted by molar-refractivity contribution is -0.122. The van der Waals surface area contributed by atoms with Crippen molar-refractivity contribution in [1.29, 1.82) is 5.26 Å². The predicted octanol–water partition coefficient (Wildman–Crippen LogP) is 3.62. The minimum Gasteiger partial charge on any atom is -0.480 e. The van der Waals surface area contributed by atoms with E-state index in [1.54, 1.807) is 55.5 Å². The Bertz CT molecular complexity index is 695. The quantitative estimate of drug-likeness (QED) is 0.938. The first-order valence-corrected chi connectivity index (χ1v) is 6.70. The maximum atomic E-state index is 12.1. The van der Waals surface area contributed by atoms with Gasteiger partial charge in [-0.2, -0.15) is 5.26 Å². The molecule has 1 amide bonds. The zero-order chi connectivity index (χ0) is 15.2. The van der Waals surface area contributed by atoms with Crippen LogP contribution < -0.4 is 10.1 Å². The van der Waals surface area contributed by atoms with Crippen LogP contribution in [0.2, 0.25) is 5.02 Å². The van der Waals surface area contributed by atoms with Crippen LogP contribution in [0.1, 0.15) is 12.5 Å². The van der Waals surface area contributed by atoms with Gasteiger partial charge >= 0.3 is 0 Å². The van der Waals surface area contributed by atoms with Crippen molar-refractivity contribution in [3.63, 3.8) is 0 Å². The van der Waals surface area contributed by atoms with E-state index >= 15 is 0 Å². The molecule has 2 aromatic rings. The number of ether oxygens (including phenoxy) is 1. The second-order valence-electron chi connectivity index (χ2n) is 4.37. The molecule has 1 N–H and O–H groups in total. The smallest absolute Gasteiger partial charge is 0.265 e. The number of halogens is 1. The number of hydrogen-bond acceptors (Lipinski definition) is 3. The van der Waals surface area contributed by atoms with Crippen LogP contribution in [0.5, 0.6) is 5.75 Å².